The lowest BCUT2D eigenvalue weighted by molar-refractivity contribution is -0.384. The molecule has 3 aromatic carbocycles. The van der Waals surface area contributed by atoms with E-state index in [4.69, 9.17) is 5.10 Å². The van der Waals surface area contributed by atoms with Crippen LogP contribution in [0, 0.1) is 10.1 Å². The number of nitro groups is 1. The maximum absolute atomic E-state index is 11.3. The fraction of sp³-hybridized carbons (Fsp3) is 0.136. The van der Waals surface area contributed by atoms with E-state index in [1.165, 1.54) is 11.6 Å². The van der Waals surface area contributed by atoms with Gasteiger partial charge in [0.15, 0.2) is 0 Å². The number of benzene rings is 3. The van der Waals surface area contributed by atoms with Gasteiger partial charge in [-0.3, -0.25) is 10.1 Å². The van der Waals surface area contributed by atoms with Crippen molar-refractivity contribution in [3.63, 3.8) is 0 Å². The second-order valence-electron chi connectivity index (χ2n) is 7.03. The normalized spacial score (nSPS) is 20.0. The summed E-state index contributed by atoms with van der Waals surface area (Å²) >= 11 is 0. The minimum absolute atomic E-state index is 0.00550. The Morgan fingerprint density at radius 2 is 1.71 bits per heavy atom. The van der Waals surface area contributed by atoms with Crippen molar-refractivity contribution in [3.8, 4) is 0 Å². The molecule has 28 heavy (non-hydrogen) atoms. The lowest BCUT2D eigenvalue weighted by atomic mass is 9.90. The van der Waals surface area contributed by atoms with Crippen molar-refractivity contribution in [2.75, 3.05) is 17.0 Å². The highest BCUT2D eigenvalue weighted by Crippen LogP contribution is 2.48. The number of para-hydroxylation sites is 2. The molecule has 0 unspecified atom stereocenters. The van der Waals surface area contributed by atoms with Gasteiger partial charge in [-0.2, -0.15) is 5.10 Å². The van der Waals surface area contributed by atoms with Crippen LogP contribution in [-0.2, 0) is 0 Å². The van der Waals surface area contributed by atoms with Gasteiger partial charge in [0.1, 0.15) is 6.17 Å². The maximum Gasteiger partial charge on any atom is 0.270 e. The number of hydrogen-bond donors (Lipinski definition) is 0. The van der Waals surface area contributed by atoms with Crippen LogP contribution in [-0.4, -0.2) is 23.8 Å². The maximum atomic E-state index is 11.3. The van der Waals surface area contributed by atoms with Gasteiger partial charge in [0.25, 0.3) is 5.69 Å². The molecule has 0 aliphatic carbocycles. The number of anilines is 2. The molecule has 5 rings (SSSR count). The molecule has 0 aromatic heterocycles. The summed E-state index contributed by atoms with van der Waals surface area (Å²) in [4.78, 5) is 13.2. The van der Waals surface area contributed by atoms with Crippen LogP contribution in [0.25, 0.3) is 0 Å². The highest BCUT2D eigenvalue weighted by atomic mass is 16.6. The summed E-state index contributed by atoms with van der Waals surface area (Å²) in [5.41, 5.74) is 5.07. The standard InChI is InChI=1S/C22H18N4O2/c1-24-19-13-6-5-12-18(19)20-21(15-8-7-11-17(14-15)26(27)28)23-25(22(20)24)16-9-3-2-4-10-16/h2-14,20,22H,1H3/t20-,22+/m0/s1. The van der Waals surface area contributed by atoms with Crippen molar-refractivity contribution in [2.45, 2.75) is 12.1 Å². The number of fused-ring (bicyclic) bond motifs is 3. The molecule has 0 saturated heterocycles. The molecule has 3 aromatic rings. The molecule has 2 aliphatic heterocycles. The van der Waals surface area contributed by atoms with Crippen molar-refractivity contribution in [1.29, 1.82) is 0 Å². The Hall–Kier alpha value is -3.67. The second-order valence-corrected chi connectivity index (χ2v) is 7.03. The van der Waals surface area contributed by atoms with Crippen molar-refractivity contribution in [2.24, 2.45) is 5.10 Å². The number of nitrogens with zero attached hydrogens (tertiary/aromatic N) is 4. The highest BCUT2D eigenvalue weighted by Gasteiger charge is 2.48. The quantitative estimate of drug-likeness (QED) is 0.507. The largest absolute Gasteiger partial charge is 0.352 e. The molecule has 6 heteroatoms. The Bertz CT molecular complexity index is 1100. The lowest BCUT2D eigenvalue weighted by Crippen LogP contribution is -2.41. The van der Waals surface area contributed by atoms with Crippen LogP contribution in [0.3, 0.4) is 0 Å². The summed E-state index contributed by atoms with van der Waals surface area (Å²) in [6.45, 7) is 0. The van der Waals surface area contributed by atoms with Crippen LogP contribution in [0.5, 0.6) is 0 Å². The van der Waals surface area contributed by atoms with Crippen LogP contribution in [0.15, 0.2) is 84.0 Å². The first-order valence-electron chi connectivity index (χ1n) is 9.14. The molecule has 0 saturated carbocycles. The minimum Gasteiger partial charge on any atom is -0.352 e. The molecule has 0 spiro atoms. The van der Waals surface area contributed by atoms with E-state index in [-0.39, 0.29) is 22.7 Å². The summed E-state index contributed by atoms with van der Waals surface area (Å²) in [6.07, 6.45) is -0.00550. The minimum atomic E-state index is -0.361. The monoisotopic (exact) mass is 370 g/mol. The van der Waals surface area contributed by atoms with Crippen LogP contribution < -0.4 is 9.91 Å². The van der Waals surface area contributed by atoms with Gasteiger partial charge in [-0.15, -0.1) is 0 Å². The average molecular weight is 370 g/mol. The molecule has 0 N–H and O–H groups in total. The Morgan fingerprint density at radius 1 is 0.964 bits per heavy atom. The van der Waals surface area contributed by atoms with Crippen LogP contribution in [0.4, 0.5) is 17.1 Å². The third-order valence-corrected chi connectivity index (χ3v) is 5.48. The van der Waals surface area contributed by atoms with Gasteiger partial charge in [0.2, 0.25) is 0 Å². The number of hydrazone groups is 1. The fourth-order valence-corrected chi connectivity index (χ4v) is 4.24. The number of nitro benzene ring substituents is 1. The summed E-state index contributed by atoms with van der Waals surface area (Å²) in [7, 11) is 2.07. The second kappa shape index (κ2) is 6.20. The zero-order valence-corrected chi connectivity index (χ0v) is 15.3. The Kier molecular flexibility index (Phi) is 3.65. The van der Waals surface area contributed by atoms with Crippen molar-refractivity contribution in [1.82, 2.24) is 0 Å². The first-order chi connectivity index (χ1) is 13.6. The summed E-state index contributed by atoms with van der Waals surface area (Å²) in [5, 5.41) is 18.3. The molecule has 2 aliphatic rings. The van der Waals surface area contributed by atoms with Crippen molar-refractivity contribution in [3.05, 3.63) is 100 Å². The average Bonchev–Trinajstić information content (AvgIpc) is 3.26. The molecule has 6 nitrogen and oxygen atoms in total. The molecule has 0 bridgehead atoms. The summed E-state index contributed by atoms with van der Waals surface area (Å²) in [5.74, 6) is 0.0170. The SMILES string of the molecule is CN1c2ccccc2[C@H]2C(c3cccc([N+](=O)[O-])c3)=NN(c3ccccc3)[C@H]21. The van der Waals surface area contributed by atoms with E-state index >= 15 is 0 Å². The predicted octanol–water partition coefficient (Wildman–Crippen LogP) is 4.38. The van der Waals surface area contributed by atoms with Gasteiger partial charge in [0.05, 0.1) is 22.2 Å². The third kappa shape index (κ3) is 2.38. The van der Waals surface area contributed by atoms with E-state index in [9.17, 15) is 10.1 Å². The summed E-state index contributed by atoms with van der Waals surface area (Å²) < 4.78 is 0. The number of non-ortho nitro benzene ring substituents is 1. The van der Waals surface area contributed by atoms with Crippen LogP contribution >= 0.6 is 0 Å². The van der Waals surface area contributed by atoms with Crippen molar-refractivity contribution >= 4 is 22.8 Å². The summed E-state index contributed by atoms with van der Waals surface area (Å²) in [6, 6.07) is 25.1. The topological polar surface area (TPSA) is 62.0 Å². The number of rotatable bonds is 3. The third-order valence-electron chi connectivity index (χ3n) is 5.48. The molecule has 138 valence electrons. The smallest absolute Gasteiger partial charge is 0.270 e. The first kappa shape index (κ1) is 16.5. The van der Waals surface area contributed by atoms with E-state index in [0.29, 0.717) is 0 Å². The molecule has 0 fully saturated rings. The van der Waals surface area contributed by atoms with E-state index in [1.54, 1.807) is 12.1 Å². The molecule has 0 radical (unpaired) electrons. The Balaban J connectivity index is 1.69. The zero-order chi connectivity index (χ0) is 19.3. The highest BCUT2D eigenvalue weighted by molar-refractivity contribution is 6.10. The van der Waals surface area contributed by atoms with Crippen molar-refractivity contribution < 1.29 is 4.92 Å². The van der Waals surface area contributed by atoms with Gasteiger partial charge < -0.3 is 4.90 Å². The molecular formula is C22H18N4O2. The predicted molar refractivity (Wildman–Crippen MR) is 110 cm³/mol. The Morgan fingerprint density at radius 3 is 2.50 bits per heavy atom. The zero-order valence-electron chi connectivity index (χ0n) is 15.3. The van der Waals surface area contributed by atoms with E-state index in [0.717, 1.165) is 22.6 Å². The molecule has 2 heterocycles. The molecule has 0 amide bonds. The van der Waals surface area contributed by atoms with Gasteiger partial charge in [-0.1, -0.05) is 48.5 Å². The van der Waals surface area contributed by atoms with Crippen LogP contribution in [0.1, 0.15) is 17.0 Å². The number of likely N-dealkylation sites (N-methyl/N-ethyl adjacent to an activating group) is 1. The van der Waals surface area contributed by atoms with E-state index in [2.05, 4.69) is 24.1 Å². The Labute approximate surface area is 162 Å². The van der Waals surface area contributed by atoms with Gasteiger partial charge >= 0.3 is 0 Å². The van der Waals surface area contributed by atoms with Crippen LogP contribution in [0.2, 0.25) is 0 Å². The molecular weight excluding hydrogens is 352 g/mol. The van der Waals surface area contributed by atoms with Gasteiger partial charge in [-0.05, 0) is 23.8 Å². The first-order valence-corrected chi connectivity index (χ1v) is 9.14. The van der Waals surface area contributed by atoms with E-state index < -0.39 is 0 Å². The van der Waals surface area contributed by atoms with E-state index in [1.807, 2.05) is 53.5 Å². The number of hydrogen-bond acceptors (Lipinski definition) is 5. The molecule has 2 atom stereocenters. The fourth-order valence-electron chi connectivity index (χ4n) is 4.24. The lowest BCUT2D eigenvalue weighted by Gasteiger charge is -2.30. The van der Waals surface area contributed by atoms with Gasteiger partial charge in [0, 0.05) is 30.4 Å². The van der Waals surface area contributed by atoms with Gasteiger partial charge in [-0.25, -0.2) is 5.01 Å².